The van der Waals surface area contributed by atoms with E-state index in [1.54, 1.807) is 17.0 Å². The first-order valence-electron chi connectivity index (χ1n) is 6.31. The maximum Gasteiger partial charge on any atom is 0.271 e. The van der Waals surface area contributed by atoms with Gasteiger partial charge >= 0.3 is 0 Å². The highest BCUT2D eigenvalue weighted by atomic mass is 16.6. The van der Waals surface area contributed by atoms with Crippen LogP contribution in [0.5, 0.6) is 0 Å². The molecule has 0 aromatic heterocycles. The van der Waals surface area contributed by atoms with Gasteiger partial charge in [-0.1, -0.05) is 19.9 Å². The molecule has 1 aromatic carbocycles. The average molecular weight is 263 g/mol. The number of nitrogens with zero attached hydrogens (tertiary/aromatic N) is 2. The summed E-state index contributed by atoms with van der Waals surface area (Å²) in [6.07, 6.45) is 0.722. The summed E-state index contributed by atoms with van der Waals surface area (Å²) in [7, 11) is 0. The van der Waals surface area contributed by atoms with Gasteiger partial charge in [0.25, 0.3) is 5.69 Å². The number of nitro benzene ring substituents is 1. The Morgan fingerprint density at radius 3 is 2.84 bits per heavy atom. The summed E-state index contributed by atoms with van der Waals surface area (Å²) in [6.45, 7) is 4.57. The summed E-state index contributed by atoms with van der Waals surface area (Å²) < 4.78 is 0. The number of nitro groups is 1. The van der Waals surface area contributed by atoms with Crippen LogP contribution in [-0.2, 0) is 4.79 Å². The molecule has 1 aliphatic rings. The van der Waals surface area contributed by atoms with Gasteiger partial charge in [0, 0.05) is 24.7 Å². The summed E-state index contributed by atoms with van der Waals surface area (Å²) in [5.41, 5.74) is 0.595. The van der Waals surface area contributed by atoms with Gasteiger partial charge in [-0.15, -0.1) is 0 Å². The Hall–Kier alpha value is -1.95. The SMILES string of the molecule is CC(C)NC1CCN(c2cccc([N+](=O)[O-])c2)C1=O. The zero-order valence-electron chi connectivity index (χ0n) is 11.0. The molecule has 1 unspecified atom stereocenters. The quantitative estimate of drug-likeness (QED) is 0.662. The summed E-state index contributed by atoms with van der Waals surface area (Å²) in [5, 5.41) is 14.0. The highest BCUT2D eigenvalue weighted by molar-refractivity contribution is 5.99. The maximum atomic E-state index is 12.2. The zero-order chi connectivity index (χ0) is 14.0. The van der Waals surface area contributed by atoms with Gasteiger partial charge in [-0.05, 0) is 12.5 Å². The highest BCUT2D eigenvalue weighted by Crippen LogP contribution is 2.25. The van der Waals surface area contributed by atoms with E-state index in [0.29, 0.717) is 12.2 Å². The van der Waals surface area contributed by atoms with Crippen LogP contribution in [0, 0.1) is 10.1 Å². The lowest BCUT2D eigenvalue weighted by Gasteiger charge is -2.18. The molecule has 0 radical (unpaired) electrons. The molecular formula is C13H17N3O3. The third-order valence-electron chi connectivity index (χ3n) is 3.09. The monoisotopic (exact) mass is 263 g/mol. The van der Waals surface area contributed by atoms with Crippen molar-refractivity contribution in [1.29, 1.82) is 0 Å². The molecule has 1 atom stereocenters. The van der Waals surface area contributed by atoms with Crippen LogP contribution in [-0.4, -0.2) is 29.5 Å². The van der Waals surface area contributed by atoms with E-state index in [9.17, 15) is 14.9 Å². The van der Waals surface area contributed by atoms with Crippen molar-refractivity contribution in [2.45, 2.75) is 32.4 Å². The van der Waals surface area contributed by atoms with E-state index >= 15 is 0 Å². The topological polar surface area (TPSA) is 75.5 Å². The van der Waals surface area contributed by atoms with E-state index in [2.05, 4.69) is 5.32 Å². The van der Waals surface area contributed by atoms with Crippen LogP contribution in [0.2, 0.25) is 0 Å². The molecule has 1 amide bonds. The minimum absolute atomic E-state index is 0.00516. The maximum absolute atomic E-state index is 12.2. The predicted molar refractivity (Wildman–Crippen MR) is 72.1 cm³/mol. The number of hydrogen-bond donors (Lipinski definition) is 1. The minimum Gasteiger partial charge on any atom is -0.311 e. The lowest BCUT2D eigenvalue weighted by atomic mass is 10.2. The number of carbonyl (C=O) groups excluding carboxylic acids is 1. The molecular weight excluding hydrogens is 246 g/mol. The molecule has 19 heavy (non-hydrogen) atoms. The van der Waals surface area contributed by atoms with Crippen LogP contribution in [0.1, 0.15) is 20.3 Å². The van der Waals surface area contributed by atoms with Crippen LogP contribution in [0.3, 0.4) is 0 Å². The van der Waals surface area contributed by atoms with E-state index < -0.39 is 4.92 Å². The van der Waals surface area contributed by atoms with Crippen LogP contribution < -0.4 is 10.2 Å². The molecule has 0 spiro atoms. The molecule has 1 N–H and O–H groups in total. The van der Waals surface area contributed by atoms with Crippen LogP contribution in [0.4, 0.5) is 11.4 Å². The molecule has 1 fully saturated rings. The fourth-order valence-corrected chi connectivity index (χ4v) is 2.27. The molecule has 0 aliphatic carbocycles. The van der Waals surface area contributed by atoms with Gasteiger partial charge in [-0.2, -0.15) is 0 Å². The Balaban J connectivity index is 2.17. The Bertz CT molecular complexity index is 502. The van der Waals surface area contributed by atoms with Crippen LogP contribution in [0.15, 0.2) is 24.3 Å². The van der Waals surface area contributed by atoms with Gasteiger partial charge in [0.15, 0.2) is 0 Å². The van der Waals surface area contributed by atoms with Crippen molar-refractivity contribution in [1.82, 2.24) is 5.32 Å². The van der Waals surface area contributed by atoms with Crippen LogP contribution in [0.25, 0.3) is 0 Å². The minimum atomic E-state index is -0.450. The number of hydrogen-bond acceptors (Lipinski definition) is 4. The van der Waals surface area contributed by atoms with E-state index in [0.717, 1.165) is 6.42 Å². The summed E-state index contributed by atoms with van der Waals surface area (Å²) in [4.78, 5) is 24.1. The van der Waals surface area contributed by atoms with Crippen molar-refractivity contribution in [3.05, 3.63) is 34.4 Å². The zero-order valence-corrected chi connectivity index (χ0v) is 11.0. The van der Waals surface area contributed by atoms with Crippen LogP contribution >= 0.6 is 0 Å². The third kappa shape index (κ3) is 2.90. The van der Waals surface area contributed by atoms with E-state index in [1.807, 2.05) is 13.8 Å². The summed E-state index contributed by atoms with van der Waals surface area (Å²) in [5.74, 6) is -0.0193. The number of benzene rings is 1. The number of rotatable bonds is 4. The summed E-state index contributed by atoms with van der Waals surface area (Å²) >= 11 is 0. The molecule has 102 valence electrons. The lowest BCUT2D eigenvalue weighted by molar-refractivity contribution is -0.384. The Morgan fingerprint density at radius 1 is 1.47 bits per heavy atom. The first kappa shape index (κ1) is 13.5. The Labute approximate surface area is 111 Å². The smallest absolute Gasteiger partial charge is 0.271 e. The molecule has 1 heterocycles. The van der Waals surface area contributed by atoms with Crippen molar-refractivity contribution in [2.75, 3.05) is 11.4 Å². The lowest BCUT2D eigenvalue weighted by Crippen LogP contribution is -2.41. The first-order chi connectivity index (χ1) is 8.99. The Morgan fingerprint density at radius 2 is 2.21 bits per heavy atom. The molecule has 1 aliphatic heterocycles. The number of nitrogens with one attached hydrogen (secondary N) is 1. The fourth-order valence-electron chi connectivity index (χ4n) is 2.27. The van der Waals surface area contributed by atoms with Gasteiger partial charge in [-0.25, -0.2) is 0 Å². The van der Waals surface area contributed by atoms with Crippen molar-refractivity contribution >= 4 is 17.3 Å². The predicted octanol–water partition coefficient (Wildman–Crippen LogP) is 1.70. The van der Waals surface area contributed by atoms with E-state index in [4.69, 9.17) is 0 Å². The second-order valence-corrected chi connectivity index (χ2v) is 4.93. The fraction of sp³-hybridized carbons (Fsp3) is 0.462. The average Bonchev–Trinajstić information content (AvgIpc) is 2.70. The second-order valence-electron chi connectivity index (χ2n) is 4.93. The highest BCUT2D eigenvalue weighted by Gasteiger charge is 2.33. The molecule has 6 nitrogen and oxygen atoms in total. The van der Waals surface area contributed by atoms with Gasteiger partial charge in [-0.3, -0.25) is 14.9 Å². The molecule has 2 rings (SSSR count). The molecule has 1 saturated heterocycles. The van der Waals surface area contributed by atoms with Gasteiger partial charge in [0.1, 0.15) is 0 Å². The van der Waals surface area contributed by atoms with Crippen molar-refractivity contribution in [2.24, 2.45) is 0 Å². The molecule has 0 saturated carbocycles. The number of amides is 1. The Kier molecular flexibility index (Phi) is 3.80. The molecule has 0 bridgehead atoms. The summed E-state index contributed by atoms with van der Waals surface area (Å²) in [6, 6.07) is 6.23. The molecule has 1 aromatic rings. The third-order valence-corrected chi connectivity index (χ3v) is 3.09. The van der Waals surface area contributed by atoms with Crippen molar-refractivity contribution < 1.29 is 9.72 Å². The normalized spacial score (nSPS) is 19.2. The number of anilines is 1. The first-order valence-corrected chi connectivity index (χ1v) is 6.31. The van der Waals surface area contributed by atoms with Crippen molar-refractivity contribution in [3.63, 3.8) is 0 Å². The standard InChI is InChI=1S/C13H17N3O3/c1-9(2)14-12-6-7-15(13(12)17)10-4-3-5-11(8-10)16(18)19/h3-5,8-9,12,14H,6-7H2,1-2H3. The van der Waals surface area contributed by atoms with E-state index in [1.165, 1.54) is 12.1 Å². The van der Waals surface area contributed by atoms with Gasteiger partial charge in [0.2, 0.25) is 5.91 Å². The molecule has 6 heteroatoms. The second kappa shape index (κ2) is 5.36. The van der Waals surface area contributed by atoms with E-state index in [-0.39, 0.29) is 23.7 Å². The largest absolute Gasteiger partial charge is 0.311 e. The number of carbonyl (C=O) groups is 1. The van der Waals surface area contributed by atoms with Gasteiger partial charge in [0.05, 0.1) is 16.7 Å². The van der Waals surface area contributed by atoms with Gasteiger partial charge < -0.3 is 10.2 Å². The number of non-ortho nitro benzene ring substituents is 1. The van der Waals surface area contributed by atoms with Crippen molar-refractivity contribution in [3.8, 4) is 0 Å².